The minimum absolute atomic E-state index is 0.0530. The van der Waals surface area contributed by atoms with E-state index in [2.05, 4.69) is 21.5 Å². The molecule has 15 heteroatoms. The highest BCUT2D eigenvalue weighted by Crippen LogP contribution is 2.49. The fraction of sp³-hybridized carbons (Fsp3) is 0.345. The third kappa shape index (κ3) is 6.28. The predicted octanol–water partition coefficient (Wildman–Crippen LogP) is 5.67. The van der Waals surface area contributed by atoms with Crippen LogP contribution in [0.2, 0.25) is 5.02 Å². The molecule has 2 unspecified atom stereocenters. The smallest absolute Gasteiger partial charge is 0.352 e. The fourth-order valence-corrected chi connectivity index (χ4v) is 8.03. The summed E-state index contributed by atoms with van der Waals surface area (Å²) < 4.78 is 45.2. The number of hydrogen-bond donors (Lipinski definition) is 1. The molecule has 9 nitrogen and oxygen atoms in total. The van der Waals surface area contributed by atoms with Gasteiger partial charge in [-0.25, -0.2) is 9.78 Å². The number of nitrogens with zero attached hydrogens (tertiary/aromatic N) is 5. The summed E-state index contributed by atoms with van der Waals surface area (Å²) in [6.45, 7) is 8.31. The molecule has 0 bridgehead atoms. The molecule has 2 aliphatic rings. The third-order valence-corrected chi connectivity index (χ3v) is 9.81. The molecule has 1 saturated heterocycles. The number of hydrogen-bond acceptors (Lipinski definition) is 8. The zero-order valence-corrected chi connectivity index (χ0v) is 26.1. The zero-order valence-electron chi connectivity index (χ0n) is 23.7. The van der Waals surface area contributed by atoms with Crippen molar-refractivity contribution < 1.29 is 18.0 Å². The Hall–Kier alpha value is -3.62. The van der Waals surface area contributed by atoms with Crippen molar-refractivity contribution in [3.05, 3.63) is 80.2 Å². The molecule has 0 aliphatic carbocycles. The minimum Gasteiger partial charge on any atom is -0.352 e. The number of thioether (sulfide) groups is 1. The normalized spacial score (nSPS) is 18.4. The molecule has 3 aromatic heterocycles. The Morgan fingerprint density at radius 1 is 1.20 bits per heavy atom. The van der Waals surface area contributed by atoms with Crippen LogP contribution in [0.1, 0.15) is 25.8 Å². The number of aryl methyl sites for hydroxylation is 1. The Morgan fingerprint density at radius 2 is 1.93 bits per heavy atom. The summed E-state index contributed by atoms with van der Waals surface area (Å²) in [4.78, 5) is 50.5. The van der Waals surface area contributed by atoms with Crippen LogP contribution in [0.5, 0.6) is 0 Å². The van der Waals surface area contributed by atoms with Crippen molar-refractivity contribution in [3.63, 3.8) is 0 Å². The molecule has 2 aliphatic heterocycles. The lowest BCUT2D eigenvalue weighted by Crippen LogP contribution is -2.58. The number of amides is 1. The topological polar surface area (TPSA) is 104 Å². The van der Waals surface area contributed by atoms with E-state index in [0.29, 0.717) is 52.1 Å². The van der Waals surface area contributed by atoms with E-state index in [1.54, 1.807) is 10.3 Å². The molecule has 0 spiro atoms. The van der Waals surface area contributed by atoms with Crippen molar-refractivity contribution in [2.24, 2.45) is 0 Å². The lowest BCUT2D eigenvalue weighted by molar-refractivity contribution is -0.137. The van der Waals surface area contributed by atoms with Crippen LogP contribution in [-0.2, 0) is 17.5 Å². The van der Waals surface area contributed by atoms with Gasteiger partial charge >= 0.3 is 11.9 Å². The number of alkyl halides is 3. The molecule has 0 radical (unpaired) electrons. The van der Waals surface area contributed by atoms with Gasteiger partial charge in [0.1, 0.15) is 5.82 Å². The van der Waals surface area contributed by atoms with Crippen LogP contribution in [0.3, 0.4) is 0 Å². The third-order valence-electron chi connectivity index (χ3n) is 7.33. The van der Waals surface area contributed by atoms with Crippen LogP contribution in [0, 0.1) is 0 Å². The first-order chi connectivity index (χ1) is 20.9. The number of aromatic nitrogens is 4. The van der Waals surface area contributed by atoms with E-state index in [-0.39, 0.29) is 40.3 Å². The number of aromatic amines is 1. The average molecular weight is 665 g/mol. The lowest BCUT2D eigenvalue weighted by atomic mass is 10.0. The van der Waals surface area contributed by atoms with Gasteiger partial charge in [0.2, 0.25) is 5.91 Å². The first-order valence-electron chi connectivity index (χ1n) is 13.6. The quantitative estimate of drug-likeness (QED) is 0.281. The Kier molecular flexibility index (Phi) is 9.23. The highest BCUT2D eigenvalue weighted by molar-refractivity contribution is 7.99. The maximum Gasteiger partial charge on any atom is 0.417 e. The molecule has 2 atom stereocenters. The van der Waals surface area contributed by atoms with Crippen LogP contribution in [0.25, 0.3) is 21.3 Å². The summed E-state index contributed by atoms with van der Waals surface area (Å²) in [7, 11) is 0. The molecular weight excluding hydrogens is 637 g/mol. The first-order valence-corrected chi connectivity index (χ1v) is 15.9. The van der Waals surface area contributed by atoms with Crippen LogP contribution in [-0.4, -0.2) is 61.3 Å². The SMILES string of the molecule is C=CC(=O)N1C(C)CN(c2nc(=O)n3c4c(c(-c5cc(Cl)cs5)c(C(F)(F)F)cc24)SCCC3)CC1C.O=c1ccnc[nH]1. The number of carbonyl (C=O) groups excluding carboxylic acids is 1. The van der Waals surface area contributed by atoms with E-state index in [4.69, 9.17) is 11.6 Å². The second-order valence-corrected chi connectivity index (χ2v) is 12.8. The Labute approximate surface area is 263 Å². The average Bonchev–Trinajstić information content (AvgIpc) is 3.27. The number of rotatable bonds is 3. The van der Waals surface area contributed by atoms with Gasteiger partial charge in [-0.3, -0.25) is 14.2 Å². The van der Waals surface area contributed by atoms with Gasteiger partial charge in [-0.05, 0) is 44.2 Å². The molecule has 1 fully saturated rings. The molecule has 44 heavy (non-hydrogen) atoms. The van der Waals surface area contributed by atoms with Crippen LogP contribution >= 0.6 is 34.7 Å². The highest BCUT2D eigenvalue weighted by Gasteiger charge is 2.39. The van der Waals surface area contributed by atoms with Gasteiger partial charge in [-0.15, -0.1) is 23.1 Å². The fourth-order valence-electron chi connectivity index (χ4n) is 5.63. The second kappa shape index (κ2) is 12.8. The summed E-state index contributed by atoms with van der Waals surface area (Å²) >= 11 is 8.58. The van der Waals surface area contributed by atoms with Gasteiger partial charge in [0.05, 0.1) is 22.4 Å². The first kappa shape index (κ1) is 31.8. The lowest BCUT2D eigenvalue weighted by Gasteiger charge is -2.44. The van der Waals surface area contributed by atoms with Crippen LogP contribution in [0.4, 0.5) is 19.0 Å². The second-order valence-electron chi connectivity index (χ2n) is 10.4. The van der Waals surface area contributed by atoms with Gasteiger partial charge in [0, 0.05) is 70.1 Å². The molecule has 1 amide bonds. The Balaban J connectivity index is 0.000000484. The largest absolute Gasteiger partial charge is 0.417 e. The molecular formula is C29H28ClF3N6O3S2. The van der Waals surface area contributed by atoms with Crippen LogP contribution in [0.15, 0.2) is 63.2 Å². The van der Waals surface area contributed by atoms with E-state index >= 15 is 0 Å². The monoisotopic (exact) mass is 664 g/mol. The van der Waals surface area contributed by atoms with Crippen molar-refractivity contribution >= 4 is 57.3 Å². The summed E-state index contributed by atoms with van der Waals surface area (Å²) in [5, 5.41) is 2.25. The molecule has 232 valence electrons. The van der Waals surface area contributed by atoms with Crippen molar-refractivity contribution in [3.8, 4) is 10.4 Å². The molecule has 0 saturated carbocycles. The van der Waals surface area contributed by atoms with E-state index in [1.807, 2.05) is 18.7 Å². The maximum atomic E-state index is 14.6. The van der Waals surface area contributed by atoms with Gasteiger partial charge in [-0.2, -0.15) is 18.2 Å². The number of piperazine rings is 1. The van der Waals surface area contributed by atoms with Gasteiger partial charge in [-0.1, -0.05) is 18.2 Å². The number of thiophene rings is 1. The number of carbonyl (C=O) groups is 1. The summed E-state index contributed by atoms with van der Waals surface area (Å²) in [6.07, 6.45) is 0.0284. The van der Waals surface area contributed by atoms with Crippen molar-refractivity contribution in [2.75, 3.05) is 23.7 Å². The van der Waals surface area contributed by atoms with E-state index in [0.717, 1.165) is 17.4 Å². The molecule has 5 heterocycles. The van der Waals surface area contributed by atoms with Gasteiger partial charge in [0.15, 0.2) is 0 Å². The van der Waals surface area contributed by atoms with E-state index < -0.39 is 17.4 Å². The van der Waals surface area contributed by atoms with Crippen molar-refractivity contribution in [2.45, 2.75) is 50.0 Å². The molecule has 6 rings (SSSR count). The Morgan fingerprint density at radius 3 is 2.48 bits per heavy atom. The molecule has 4 aromatic rings. The number of benzene rings is 1. The number of H-pyrrole nitrogens is 1. The highest BCUT2D eigenvalue weighted by atomic mass is 35.5. The predicted molar refractivity (Wildman–Crippen MR) is 168 cm³/mol. The number of anilines is 1. The standard InChI is InChI=1S/C25H24ClF3N4O2S2.C4H4N2O/c1-4-19(34)33-13(2)10-31(11-14(33)3)23-16-9-17(25(27,28)29)20(18-8-15(26)12-37-18)22-21(16)32(24(35)30-23)6-5-7-36-22;7-4-1-2-5-3-6-4/h4,8-9,12-14H,1,5-7,10-11H2,2-3H3;1-3H,(H,5,6,7). The summed E-state index contributed by atoms with van der Waals surface area (Å²) in [6, 6.07) is 3.51. The minimum atomic E-state index is -4.64. The van der Waals surface area contributed by atoms with E-state index in [9.17, 15) is 27.6 Å². The maximum absolute atomic E-state index is 14.6. The van der Waals surface area contributed by atoms with Gasteiger partial charge < -0.3 is 14.8 Å². The Bertz CT molecular complexity index is 1810. The van der Waals surface area contributed by atoms with E-state index in [1.165, 1.54) is 47.1 Å². The zero-order chi connectivity index (χ0) is 31.8. The molecule has 1 N–H and O–H groups in total. The van der Waals surface area contributed by atoms with Crippen molar-refractivity contribution in [1.29, 1.82) is 0 Å². The number of halogens is 4. The van der Waals surface area contributed by atoms with Gasteiger partial charge in [0.25, 0.3) is 5.56 Å². The summed E-state index contributed by atoms with van der Waals surface area (Å²) in [5.41, 5.74) is -0.869. The van der Waals surface area contributed by atoms with Crippen LogP contribution < -0.4 is 16.1 Å². The summed E-state index contributed by atoms with van der Waals surface area (Å²) in [5.74, 6) is 0.566. The van der Waals surface area contributed by atoms with Crippen molar-refractivity contribution in [1.82, 2.24) is 24.4 Å². The molecule has 1 aromatic carbocycles. The number of nitrogens with one attached hydrogen (secondary N) is 1.